The molecule has 2 N–H and O–H groups in total. The molecule has 1 aromatic carbocycles. The fourth-order valence-electron chi connectivity index (χ4n) is 2.83. The van der Waals surface area contributed by atoms with Crippen molar-refractivity contribution in [3.8, 4) is 0 Å². The zero-order valence-electron chi connectivity index (χ0n) is 11.9. The van der Waals surface area contributed by atoms with Gasteiger partial charge >= 0.3 is 0 Å². The highest BCUT2D eigenvalue weighted by atomic mass is 16.5. The van der Waals surface area contributed by atoms with E-state index in [1.807, 2.05) is 18.2 Å². The maximum absolute atomic E-state index is 6.33. The Morgan fingerprint density at radius 1 is 1.40 bits per heavy atom. The third kappa shape index (κ3) is 2.73. The van der Waals surface area contributed by atoms with Gasteiger partial charge in [-0.25, -0.2) is 0 Å². The molecule has 4 nitrogen and oxygen atoms in total. The first-order valence-corrected chi connectivity index (χ1v) is 7.33. The molecule has 2 aromatic rings. The number of ether oxygens (including phenoxy) is 1. The van der Waals surface area contributed by atoms with Crippen LogP contribution < -0.4 is 5.73 Å². The van der Waals surface area contributed by atoms with Gasteiger partial charge in [0.15, 0.2) is 0 Å². The van der Waals surface area contributed by atoms with Crippen molar-refractivity contribution in [1.82, 2.24) is 4.90 Å². The van der Waals surface area contributed by atoms with Crippen molar-refractivity contribution in [3.63, 3.8) is 0 Å². The third-order valence-electron chi connectivity index (χ3n) is 4.06. The van der Waals surface area contributed by atoms with Gasteiger partial charge < -0.3 is 14.9 Å². The molecule has 20 heavy (non-hydrogen) atoms. The van der Waals surface area contributed by atoms with Gasteiger partial charge in [0.05, 0.1) is 19.3 Å². The molecule has 0 spiro atoms. The molecule has 0 bridgehead atoms. The van der Waals surface area contributed by atoms with Crippen LogP contribution in [0, 0.1) is 0 Å². The molecule has 2 unspecified atom stereocenters. The van der Waals surface area contributed by atoms with Crippen molar-refractivity contribution < 1.29 is 9.15 Å². The molecule has 108 valence electrons. The van der Waals surface area contributed by atoms with E-state index in [0.29, 0.717) is 6.04 Å². The van der Waals surface area contributed by atoms with E-state index in [4.69, 9.17) is 14.9 Å². The van der Waals surface area contributed by atoms with Crippen LogP contribution in [0.3, 0.4) is 0 Å². The van der Waals surface area contributed by atoms with E-state index in [0.717, 1.165) is 49.5 Å². The van der Waals surface area contributed by atoms with Crippen LogP contribution >= 0.6 is 0 Å². The van der Waals surface area contributed by atoms with E-state index in [1.165, 1.54) is 0 Å². The lowest BCUT2D eigenvalue weighted by atomic mass is 10.1. The minimum Gasteiger partial charge on any atom is -0.459 e. The first kappa shape index (κ1) is 13.6. The summed E-state index contributed by atoms with van der Waals surface area (Å²) in [5.41, 5.74) is 7.24. The zero-order valence-corrected chi connectivity index (χ0v) is 11.9. The largest absolute Gasteiger partial charge is 0.459 e. The fraction of sp³-hybridized carbons (Fsp3) is 0.500. The molecular formula is C16H22N2O2. The Labute approximate surface area is 119 Å². The lowest BCUT2D eigenvalue weighted by molar-refractivity contribution is -0.0118. The van der Waals surface area contributed by atoms with Gasteiger partial charge in [-0.15, -0.1) is 0 Å². The molecule has 1 aromatic heterocycles. The van der Waals surface area contributed by atoms with E-state index in [-0.39, 0.29) is 6.04 Å². The van der Waals surface area contributed by atoms with Crippen LogP contribution in [0.15, 0.2) is 34.7 Å². The highest BCUT2D eigenvalue weighted by molar-refractivity contribution is 5.77. The fourth-order valence-corrected chi connectivity index (χ4v) is 2.83. The standard InChI is InChI=1S/C16H22N2O2/c1-2-13-11-19-8-7-18(13)10-14(17)16-9-12-5-3-4-6-15(12)20-16/h3-6,9,13-14H,2,7-8,10-11,17H2,1H3. The van der Waals surface area contributed by atoms with Crippen molar-refractivity contribution in [2.24, 2.45) is 5.73 Å². The van der Waals surface area contributed by atoms with Crippen LogP contribution in [0.25, 0.3) is 11.0 Å². The van der Waals surface area contributed by atoms with E-state index in [1.54, 1.807) is 0 Å². The van der Waals surface area contributed by atoms with Gasteiger partial charge in [0.2, 0.25) is 0 Å². The summed E-state index contributed by atoms with van der Waals surface area (Å²) < 4.78 is 11.4. The Kier molecular flexibility index (Phi) is 4.05. The SMILES string of the molecule is CCC1COCCN1CC(N)c1cc2ccccc2o1. The van der Waals surface area contributed by atoms with Crippen LogP contribution in [0.2, 0.25) is 0 Å². The van der Waals surface area contributed by atoms with Crippen molar-refractivity contribution in [2.75, 3.05) is 26.3 Å². The summed E-state index contributed by atoms with van der Waals surface area (Å²) in [6.45, 7) is 5.57. The topological polar surface area (TPSA) is 51.6 Å². The van der Waals surface area contributed by atoms with Crippen molar-refractivity contribution in [2.45, 2.75) is 25.4 Å². The highest BCUT2D eigenvalue weighted by Crippen LogP contribution is 2.24. The van der Waals surface area contributed by atoms with Crippen molar-refractivity contribution in [3.05, 3.63) is 36.1 Å². The summed E-state index contributed by atoms with van der Waals surface area (Å²) in [4.78, 5) is 2.42. The van der Waals surface area contributed by atoms with Gasteiger partial charge in [0, 0.05) is 24.5 Å². The number of hydrogen-bond donors (Lipinski definition) is 1. The third-order valence-corrected chi connectivity index (χ3v) is 4.06. The van der Waals surface area contributed by atoms with Crippen LogP contribution in [0.4, 0.5) is 0 Å². The Balaban J connectivity index is 1.73. The Morgan fingerprint density at radius 3 is 3.05 bits per heavy atom. The molecule has 4 heteroatoms. The predicted molar refractivity (Wildman–Crippen MR) is 79.6 cm³/mol. The Bertz CT molecular complexity index is 533. The zero-order chi connectivity index (χ0) is 13.9. The number of para-hydroxylation sites is 1. The maximum atomic E-state index is 6.33. The van der Waals surface area contributed by atoms with Gasteiger partial charge in [0.25, 0.3) is 0 Å². The number of rotatable bonds is 4. The van der Waals surface area contributed by atoms with Crippen molar-refractivity contribution in [1.29, 1.82) is 0 Å². The number of nitrogens with zero attached hydrogens (tertiary/aromatic N) is 1. The second-order valence-corrected chi connectivity index (χ2v) is 5.43. The summed E-state index contributed by atoms with van der Waals surface area (Å²) in [5, 5.41) is 1.12. The maximum Gasteiger partial charge on any atom is 0.134 e. The van der Waals surface area contributed by atoms with E-state index in [9.17, 15) is 0 Å². The first-order valence-electron chi connectivity index (χ1n) is 7.33. The molecule has 0 aliphatic carbocycles. The molecule has 1 aliphatic rings. The number of furan rings is 1. The average molecular weight is 274 g/mol. The second kappa shape index (κ2) is 5.95. The molecular weight excluding hydrogens is 252 g/mol. The summed E-state index contributed by atoms with van der Waals surface area (Å²) in [6.07, 6.45) is 1.09. The van der Waals surface area contributed by atoms with Gasteiger partial charge in [-0.1, -0.05) is 25.1 Å². The quantitative estimate of drug-likeness (QED) is 0.931. The molecule has 1 fully saturated rings. The summed E-state index contributed by atoms with van der Waals surface area (Å²) in [6, 6.07) is 10.5. The van der Waals surface area contributed by atoms with Crippen LogP contribution in [0.1, 0.15) is 25.1 Å². The minimum atomic E-state index is -0.0884. The Hall–Kier alpha value is -1.36. The molecule has 0 saturated carbocycles. The lowest BCUT2D eigenvalue weighted by Crippen LogP contribution is -2.47. The summed E-state index contributed by atoms with van der Waals surface area (Å²) in [7, 11) is 0. The normalized spacial score (nSPS) is 22.2. The lowest BCUT2D eigenvalue weighted by Gasteiger charge is -2.36. The van der Waals surface area contributed by atoms with Gasteiger partial charge in [-0.2, -0.15) is 0 Å². The molecule has 1 saturated heterocycles. The molecule has 1 aliphatic heterocycles. The van der Waals surface area contributed by atoms with Crippen LogP contribution in [0.5, 0.6) is 0 Å². The number of nitrogens with two attached hydrogens (primary N) is 1. The highest BCUT2D eigenvalue weighted by Gasteiger charge is 2.24. The number of hydrogen-bond acceptors (Lipinski definition) is 4. The Morgan fingerprint density at radius 2 is 2.25 bits per heavy atom. The molecule has 0 radical (unpaired) electrons. The number of fused-ring (bicyclic) bond motifs is 1. The minimum absolute atomic E-state index is 0.0884. The van der Waals surface area contributed by atoms with Gasteiger partial charge in [-0.05, 0) is 18.6 Å². The predicted octanol–water partition coefficient (Wildman–Crippen LogP) is 2.54. The van der Waals surface area contributed by atoms with Gasteiger partial charge in [0.1, 0.15) is 11.3 Å². The van der Waals surface area contributed by atoms with E-state index >= 15 is 0 Å². The van der Waals surface area contributed by atoms with Crippen molar-refractivity contribution >= 4 is 11.0 Å². The van der Waals surface area contributed by atoms with Crippen LogP contribution in [-0.2, 0) is 4.74 Å². The molecule has 3 rings (SSSR count). The summed E-state index contributed by atoms with van der Waals surface area (Å²) >= 11 is 0. The molecule has 2 heterocycles. The average Bonchev–Trinajstić information content (AvgIpc) is 2.92. The monoisotopic (exact) mass is 274 g/mol. The number of benzene rings is 1. The molecule has 0 amide bonds. The van der Waals surface area contributed by atoms with E-state index in [2.05, 4.69) is 24.0 Å². The first-order chi connectivity index (χ1) is 9.78. The second-order valence-electron chi connectivity index (χ2n) is 5.43. The van der Waals surface area contributed by atoms with Gasteiger partial charge in [-0.3, -0.25) is 4.90 Å². The van der Waals surface area contributed by atoms with E-state index < -0.39 is 0 Å². The smallest absolute Gasteiger partial charge is 0.134 e. The summed E-state index contributed by atoms with van der Waals surface area (Å²) in [5.74, 6) is 0.868. The van der Waals surface area contributed by atoms with Crippen LogP contribution in [-0.4, -0.2) is 37.2 Å². The number of morpholine rings is 1. The molecule has 2 atom stereocenters.